The van der Waals surface area contributed by atoms with Gasteiger partial charge in [-0.15, -0.1) is 0 Å². The van der Waals surface area contributed by atoms with Gasteiger partial charge in [0.15, 0.2) is 28.4 Å². The van der Waals surface area contributed by atoms with Gasteiger partial charge in [-0.25, -0.2) is 15.0 Å². The minimum atomic E-state index is -0.348. The highest BCUT2D eigenvalue weighted by Crippen LogP contribution is 2.32. The molecule has 0 radical (unpaired) electrons. The normalized spacial score (nSPS) is 16.6. The molecule has 164 valence electrons. The first-order chi connectivity index (χ1) is 15.4. The Morgan fingerprint density at radius 3 is 2.91 bits per heavy atom. The summed E-state index contributed by atoms with van der Waals surface area (Å²) in [5.41, 5.74) is 7.10. The lowest BCUT2D eigenvalue weighted by atomic mass is 10.2. The van der Waals surface area contributed by atoms with Gasteiger partial charge in [0, 0.05) is 31.7 Å². The molecule has 0 amide bonds. The van der Waals surface area contributed by atoms with Crippen molar-refractivity contribution in [2.24, 2.45) is 0 Å². The molecule has 0 bridgehead atoms. The number of nitrogens with two attached hydrogens (primary N) is 1. The van der Waals surface area contributed by atoms with E-state index in [9.17, 15) is 4.79 Å². The third kappa shape index (κ3) is 3.59. The van der Waals surface area contributed by atoms with E-state index in [0.29, 0.717) is 34.0 Å². The molecule has 1 saturated heterocycles. The average molecular weight is 453 g/mol. The van der Waals surface area contributed by atoms with Crippen molar-refractivity contribution >= 4 is 45.4 Å². The Hall–Kier alpha value is -3.43. The molecule has 1 atom stereocenters. The molecule has 3 N–H and O–H groups in total. The third-order valence-electron chi connectivity index (χ3n) is 5.41. The number of anilines is 2. The van der Waals surface area contributed by atoms with Crippen molar-refractivity contribution in [1.82, 2.24) is 20.3 Å². The van der Waals surface area contributed by atoms with Crippen LogP contribution in [0.1, 0.15) is 12.6 Å². The van der Waals surface area contributed by atoms with E-state index < -0.39 is 0 Å². The summed E-state index contributed by atoms with van der Waals surface area (Å²) >= 11 is 6.17. The van der Waals surface area contributed by atoms with Crippen molar-refractivity contribution in [3.8, 4) is 11.5 Å². The molecule has 0 saturated carbocycles. The van der Waals surface area contributed by atoms with Crippen molar-refractivity contribution in [2.45, 2.75) is 19.9 Å². The molecule has 0 aliphatic carbocycles. The molecule has 4 aromatic rings. The molecule has 4 heterocycles. The Morgan fingerprint density at radius 2 is 2.12 bits per heavy atom. The van der Waals surface area contributed by atoms with Crippen LogP contribution in [-0.2, 0) is 0 Å². The van der Waals surface area contributed by atoms with Crippen molar-refractivity contribution in [2.75, 3.05) is 30.3 Å². The number of hydrogen-bond acceptors (Lipinski definition) is 9. The molecule has 0 unspecified atom stereocenters. The number of nitrogens with one attached hydrogen (secondary N) is 1. The van der Waals surface area contributed by atoms with Gasteiger partial charge in [-0.1, -0.05) is 17.7 Å². The number of fused-ring (bicyclic) bond motifs is 2. The lowest BCUT2D eigenvalue weighted by Gasteiger charge is -2.32. The highest BCUT2D eigenvalue weighted by Gasteiger charge is 2.20. The second-order valence-corrected chi connectivity index (χ2v) is 8.19. The maximum absolute atomic E-state index is 12.9. The van der Waals surface area contributed by atoms with Crippen molar-refractivity contribution < 1.29 is 9.15 Å². The molecular formula is C22H21ClN6O3. The van der Waals surface area contributed by atoms with Gasteiger partial charge in [0.05, 0.1) is 22.3 Å². The van der Waals surface area contributed by atoms with E-state index in [-0.39, 0.29) is 33.5 Å². The summed E-state index contributed by atoms with van der Waals surface area (Å²) in [5.74, 6) is 1.39. The predicted molar refractivity (Wildman–Crippen MR) is 124 cm³/mol. The first-order valence-corrected chi connectivity index (χ1v) is 10.6. The van der Waals surface area contributed by atoms with Crippen LogP contribution in [0.2, 0.25) is 5.02 Å². The van der Waals surface area contributed by atoms with Crippen LogP contribution in [-0.4, -0.2) is 40.6 Å². The number of aromatic nitrogens is 3. The quantitative estimate of drug-likeness (QED) is 0.451. The van der Waals surface area contributed by atoms with Gasteiger partial charge in [-0.05, 0) is 26.0 Å². The zero-order valence-corrected chi connectivity index (χ0v) is 18.3. The molecular weight excluding hydrogens is 432 g/mol. The maximum atomic E-state index is 12.9. The van der Waals surface area contributed by atoms with Gasteiger partial charge in [0.25, 0.3) is 0 Å². The van der Waals surface area contributed by atoms with Crippen LogP contribution in [0.15, 0.2) is 39.7 Å². The topological polar surface area (TPSA) is 119 Å². The van der Waals surface area contributed by atoms with E-state index in [1.165, 1.54) is 0 Å². The summed E-state index contributed by atoms with van der Waals surface area (Å²) < 4.78 is 11.8. The Labute approximate surface area is 188 Å². The van der Waals surface area contributed by atoms with Crippen LogP contribution in [0.4, 0.5) is 11.8 Å². The zero-order chi connectivity index (χ0) is 22.4. The Balaban J connectivity index is 1.50. The van der Waals surface area contributed by atoms with E-state index in [2.05, 4.69) is 32.1 Å². The Morgan fingerprint density at radius 1 is 1.28 bits per heavy atom. The van der Waals surface area contributed by atoms with Crippen LogP contribution in [0.5, 0.6) is 11.5 Å². The molecule has 1 aliphatic heterocycles. The highest BCUT2D eigenvalue weighted by atomic mass is 35.5. The molecule has 5 rings (SSSR count). The highest BCUT2D eigenvalue weighted by molar-refractivity contribution is 6.35. The molecule has 1 aliphatic rings. The number of benzene rings is 1. The lowest BCUT2D eigenvalue weighted by molar-refractivity contribution is 0.465. The Bertz CT molecular complexity index is 1410. The van der Waals surface area contributed by atoms with Gasteiger partial charge in [-0.2, -0.15) is 0 Å². The number of halogens is 1. The van der Waals surface area contributed by atoms with Crippen molar-refractivity contribution in [3.63, 3.8) is 0 Å². The van der Waals surface area contributed by atoms with E-state index in [1.54, 1.807) is 30.5 Å². The number of aryl methyl sites for hydroxylation is 1. The minimum absolute atomic E-state index is 0.0515. The van der Waals surface area contributed by atoms with E-state index in [0.717, 1.165) is 19.6 Å². The fourth-order valence-corrected chi connectivity index (χ4v) is 4.04. The summed E-state index contributed by atoms with van der Waals surface area (Å²) in [4.78, 5) is 28.3. The average Bonchev–Trinajstić information content (AvgIpc) is 2.76. The van der Waals surface area contributed by atoms with E-state index in [1.807, 2.05) is 6.92 Å². The summed E-state index contributed by atoms with van der Waals surface area (Å²) in [5, 5.41) is 3.96. The number of nitrogen functional groups attached to an aromatic ring is 1. The van der Waals surface area contributed by atoms with E-state index >= 15 is 0 Å². The number of piperazine rings is 1. The Kier molecular flexibility index (Phi) is 5.07. The standard InChI is InChI=1S/C22H21ClN6O3/c1-11-10-29(7-6-25-11)22-26-9-17(12(2)27-22)32-16-8-15-19(28-21(16)24)20(30)18-13(23)4-3-5-14(18)31-15/h3-5,8-9,11,25H,6-7,10H2,1-2H3,(H2,24,28)/t11-/m0/s1. The van der Waals surface area contributed by atoms with Gasteiger partial charge in [0.2, 0.25) is 11.4 Å². The van der Waals surface area contributed by atoms with Gasteiger partial charge in [-0.3, -0.25) is 4.79 Å². The molecule has 0 spiro atoms. The zero-order valence-electron chi connectivity index (χ0n) is 17.6. The molecule has 32 heavy (non-hydrogen) atoms. The van der Waals surface area contributed by atoms with Crippen molar-refractivity contribution in [3.05, 3.63) is 51.4 Å². The second-order valence-electron chi connectivity index (χ2n) is 7.79. The minimum Gasteiger partial charge on any atom is -0.454 e. The summed E-state index contributed by atoms with van der Waals surface area (Å²) in [6, 6.07) is 6.93. The van der Waals surface area contributed by atoms with Crippen LogP contribution in [0.25, 0.3) is 22.1 Å². The number of hydrogen-bond donors (Lipinski definition) is 2. The fourth-order valence-electron chi connectivity index (χ4n) is 3.79. The first-order valence-electron chi connectivity index (χ1n) is 10.2. The van der Waals surface area contributed by atoms with Crippen molar-refractivity contribution in [1.29, 1.82) is 0 Å². The SMILES string of the molecule is Cc1nc(N2CCN[C@@H](C)C2)ncc1Oc1cc2oc3cccc(Cl)c3c(=O)c2nc1N. The fraction of sp³-hybridized carbons (Fsp3) is 0.273. The summed E-state index contributed by atoms with van der Waals surface area (Å²) in [6.07, 6.45) is 1.62. The molecule has 1 fully saturated rings. The summed E-state index contributed by atoms with van der Waals surface area (Å²) in [6.45, 7) is 6.51. The lowest BCUT2D eigenvalue weighted by Crippen LogP contribution is -2.49. The van der Waals surface area contributed by atoms with Crippen LogP contribution < -0.4 is 26.1 Å². The number of nitrogens with zero attached hydrogens (tertiary/aromatic N) is 4. The first kappa shape index (κ1) is 20.5. The van der Waals surface area contributed by atoms with Crippen LogP contribution in [0, 0.1) is 6.92 Å². The number of rotatable bonds is 3. The number of ether oxygens (including phenoxy) is 1. The molecule has 10 heteroatoms. The maximum Gasteiger partial charge on any atom is 0.225 e. The van der Waals surface area contributed by atoms with Crippen LogP contribution >= 0.6 is 11.6 Å². The van der Waals surface area contributed by atoms with E-state index in [4.69, 9.17) is 26.5 Å². The monoisotopic (exact) mass is 452 g/mol. The molecule has 1 aromatic carbocycles. The predicted octanol–water partition coefficient (Wildman–Crippen LogP) is 3.27. The van der Waals surface area contributed by atoms with Gasteiger partial charge in [0.1, 0.15) is 5.58 Å². The molecule has 9 nitrogen and oxygen atoms in total. The van der Waals surface area contributed by atoms with Crippen LogP contribution in [0.3, 0.4) is 0 Å². The summed E-state index contributed by atoms with van der Waals surface area (Å²) in [7, 11) is 0. The van der Waals surface area contributed by atoms with Gasteiger partial charge >= 0.3 is 0 Å². The molecule has 3 aromatic heterocycles. The largest absolute Gasteiger partial charge is 0.454 e. The second kappa shape index (κ2) is 7.92. The van der Waals surface area contributed by atoms with Gasteiger partial charge < -0.3 is 25.1 Å². The smallest absolute Gasteiger partial charge is 0.225 e. The number of pyridine rings is 1. The third-order valence-corrected chi connectivity index (χ3v) is 5.73.